The molecule has 2 fully saturated rings. The number of halogens is 1. The molecule has 1 N–H and O–H groups in total. The number of anilines is 1. The number of carbonyl (C=O) groups is 1. The van der Waals surface area contributed by atoms with Gasteiger partial charge >= 0.3 is 6.09 Å². The molecule has 0 bridgehead atoms. The van der Waals surface area contributed by atoms with Crippen LogP contribution in [0, 0.1) is 17.2 Å². The number of fused-ring (bicyclic) bond motifs is 1. The van der Waals surface area contributed by atoms with E-state index in [0.717, 1.165) is 24.2 Å². The quantitative estimate of drug-likeness (QED) is 0.826. The molecule has 0 spiro atoms. The van der Waals surface area contributed by atoms with Crippen molar-refractivity contribution in [1.82, 2.24) is 9.88 Å². The van der Waals surface area contributed by atoms with Crippen LogP contribution in [-0.4, -0.2) is 46.8 Å². The second-order valence-electron chi connectivity index (χ2n) is 5.48. The molecule has 6 nitrogen and oxygen atoms in total. The summed E-state index contributed by atoms with van der Waals surface area (Å²) in [4.78, 5) is 19.2. The number of nitrogens with zero attached hydrogens (tertiary/aromatic N) is 4. The van der Waals surface area contributed by atoms with E-state index in [9.17, 15) is 9.90 Å². The maximum absolute atomic E-state index is 11.2. The van der Waals surface area contributed by atoms with E-state index in [2.05, 4.69) is 31.9 Å². The largest absolute Gasteiger partial charge is 0.465 e. The minimum Gasteiger partial charge on any atom is -0.465 e. The minimum absolute atomic E-state index is 0.0746. The SMILES string of the molecule is N#CCc1cc(N2C[C@H]3CCN(C(=O)O)[C@H]3C2)cnc1Br. The summed E-state index contributed by atoms with van der Waals surface area (Å²) in [5.74, 6) is 0.393. The van der Waals surface area contributed by atoms with Gasteiger partial charge in [-0.1, -0.05) is 0 Å². The third-order valence-electron chi connectivity index (χ3n) is 4.33. The number of carboxylic acid groups (broad SMARTS) is 1. The van der Waals surface area contributed by atoms with E-state index < -0.39 is 6.09 Å². The summed E-state index contributed by atoms with van der Waals surface area (Å²) < 4.78 is 0.694. The van der Waals surface area contributed by atoms with Gasteiger partial charge in [-0.15, -0.1) is 0 Å². The molecule has 0 unspecified atom stereocenters. The molecule has 1 amide bonds. The average Bonchev–Trinajstić information content (AvgIpc) is 3.00. The van der Waals surface area contributed by atoms with Crippen LogP contribution in [0.5, 0.6) is 0 Å². The lowest BCUT2D eigenvalue weighted by Crippen LogP contribution is -2.38. The first-order chi connectivity index (χ1) is 10.1. The Morgan fingerprint density at radius 1 is 1.57 bits per heavy atom. The highest BCUT2D eigenvalue weighted by Crippen LogP contribution is 2.34. The van der Waals surface area contributed by atoms with Crippen molar-refractivity contribution in [1.29, 1.82) is 5.26 Å². The zero-order valence-electron chi connectivity index (χ0n) is 11.4. The summed E-state index contributed by atoms with van der Waals surface area (Å²) in [6, 6.07) is 4.17. The van der Waals surface area contributed by atoms with Gasteiger partial charge < -0.3 is 14.9 Å². The van der Waals surface area contributed by atoms with Crippen LogP contribution in [-0.2, 0) is 6.42 Å². The highest BCUT2D eigenvalue weighted by atomic mass is 79.9. The number of nitriles is 1. The average molecular weight is 351 g/mol. The molecule has 2 aliphatic heterocycles. The maximum atomic E-state index is 11.2. The Bertz CT molecular complexity index is 615. The van der Waals surface area contributed by atoms with Gasteiger partial charge in [0.05, 0.1) is 30.4 Å². The lowest BCUT2D eigenvalue weighted by Gasteiger charge is -2.23. The Labute approximate surface area is 131 Å². The highest BCUT2D eigenvalue weighted by Gasteiger charge is 2.43. The number of hydrogen-bond acceptors (Lipinski definition) is 4. The maximum Gasteiger partial charge on any atom is 0.407 e. The van der Waals surface area contributed by atoms with Crippen LogP contribution < -0.4 is 4.90 Å². The predicted octanol–water partition coefficient (Wildman–Crippen LogP) is 2.10. The first-order valence-corrected chi connectivity index (χ1v) is 7.65. The van der Waals surface area contributed by atoms with E-state index >= 15 is 0 Å². The Kier molecular flexibility index (Phi) is 3.72. The molecule has 0 aliphatic carbocycles. The van der Waals surface area contributed by atoms with Crippen LogP contribution in [0.1, 0.15) is 12.0 Å². The standard InChI is InChI=1S/C14H15BrN4O2/c15-13-9(1-3-16)5-11(6-17-13)18-7-10-2-4-19(14(20)21)12(10)8-18/h5-6,10,12H,1-2,4,7-8H2,(H,20,21)/t10-,12+/m1/s1. The van der Waals surface area contributed by atoms with Gasteiger partial charge in [0, 0.05) is 31.1 Å². The fourth-order valence-electron chi connectivity index (χ4n) is 3.27. The number of likely N-dealkylation sites (tertiary alicyclic amines) is 1. The fraction of sp³-hybridized carbons (Fsp3) is 0.500. The summed E-state index contributed by atoms with van der Waals surface area (Å²) in [6.07, 6.45) is 2.17. The second kappa shape index (κ2) is 5.53. The molecule has 2 saturated heterocycles. The molecule has 7 heteroatoms. The lowest BCUT2D eigenvalue weighted by atomic mass is 10.1. The number of pyridine rings is 1. The fourth-order valence-corrected chi connectivity index (χ4v) is 3.63. The Morgan fingerprint density at radius 3 is 3.10 bits per heavy atom. The topological polar surface area (TPSA) is 80.5 Å². The van der Waals surface area contributed by atoms with Gasteiger partial charge in [0.15, 0.2) is 0 Å². The van der Waals surface area contributed by atoms with Crippen molar-refractivity contribution in [2.45, 2.75) is 18.9 Å². The zero-order valence-corrected chi connectivity index (χ0v) is 13.0. The van der Waals surface area contributed by atoms with E-state index in [1.807, 2.05) is 6.07 Å². The zero-order chi connectivity index (χ0) is 15.0. The van der Waals surface area contributed by atoms with Crippen molar-refractivity contribution < 1.29 is 9.90 Å². The number of amides is 1. The molecular formula is C14H15BrN4O2. The van der Waals surface area contributed by atoms with Crippen molar-refractivity contribution in [3.63, 3.8) is 0 Å². The second-order valence-corrected chi connectivity index (χ2v) is 6.23. The first kappa shape index (κ1) is 14.1. The van der Waals surface area contributed by atoms with E-state index in [0.29, 0.717) is 30.0 Å². The van der Waals surface area contributed by atoms with Gasteiger partial charge in [-0.25, -0.2) is 9.78 Å². The summed E-state index contributed by atoms with van der Waals surface area (Å²) in [6.45, 7) is 2.19. The van der Waals surface area contributed by atoms with E-state index in [4.69, 9.17) is 5.26 Å². The molecule has 3 heterocycles. The molecular weight excluding hydrogens is 336 g/mol. The van der Waals surface area contributed by atoms with Crippen LogP contribution >= 0.6 is 15.9 Å². The summed E-state index contributed by atoms with van der Waals surface area (Å²) >= 11 is 3.35. The Balaban J connectivity index is 1.79. The van der Waals surface area contributed by atoms with Gasteiger partial charge in [0.2, 0.25) is 0 Å². The van der Waals surface area contributed by atoms with Crippen LogP contribution in [0.4, 0.5) is 10.5 Å². The predicted molar refractivity (Wildman–Crippen MR) is 80.1 cm³/mol. The Hall–Kier alpha value is -1.81. The lowest BCUT2D eigenvalue weighted by molar-refractivity contribution is 0.140. The molecule has 21 heavy (non-hydrogen) atoms. The van der Waals surface area contributed by atoms with Gasteiger partial charge in [0.1, 0.15) is 4.60 Å². The highest BCUT2D eigenvalue weighted by molar-refractivity contribution is 9.10. The summed E-state index contributed by atoms with van der Waals surface area (Å²) in [5.41, 5.74) is 1.82. The third-order valence-corrected chi connectivity index (χ3v) is 5.04. The molecule has 0 saturated carbocycles. The number of rotatable bonds is 2. The molecule has 2 aliphatic rings. The van der Waals surface area contributed by atoms with Crippen LogP contribution in [0.15, 0.2) is 16.9 Å². The van der Waals surface area contributed by atoms with Crippen LogP contribution in [0.25, 0.3) is 0 Å². The van der Waals surface area contributed by atoms with Gasteiger partial charge in [-0.3, -0.25) is 0 Å². The van der Waals surface area contributed by atoms with Crippen molar-refractivity contribution in [3.05, 3.63) is 22.4 Å². The van der Waals surface area contributed by atoms with Crippen LogP contribution in [0.3, 0.4) is 0 Å². The van der Waals surface area contributed by atoms with Gasteiger partial charge in [-0.2, -0.15) is 5.26 Å². The smallest absolute Gasteiger partial charge is 0.407 e. The van der Waals surface area contributed by atoms with Crippen molar-refractivity contribution >= 4 is 27.7 Å². The summed E-state index contributed by atoms with van der Waals surface area (Å²) in [5, 5.41) is 18.1. The molecule has 0 aromatic carbocycles. The van der Waals surface area contributed by atoms with Crippen molar-refractivity contribution in [2.24, 2.45) is 5.92 Å². The number of aromatic nitrogens is 1. The first-order valence-electron chi connectivity index (χ1n) is 6.86. The van der Waals surface area contributed by atoms with E-state index in [1.54, 1.807) is 11.1 Å². The van der Waals surface area contributed by atoms with Gasteiger partial charge in [-0.05, 0) is 28.4 Å². The van der Waals surface area contributed by atoms with Crippen LogP contribution in [0.2, 0.25) is 0 Å². The Morgan fingerprint density at radius 2 is 2.38 bits per heavy atom. The third kappa shape index (κ3) is 2.56. The normalized spacial score (nSPS) is 24.0. The molecule has 110 valence electrons. The summed E-state index contributed by atoms with van der Waals surface area (Å²) in [7, 11) is 0. The monoisotopic (exact) mass is 350 g/mol. The van der Waals surface area contributed by atoms with E-state index in [1.165, 1.54) is 0 Å². The molecule has 1 aromatic rings. The van der Waals surface area contributed by atoms with Gasteiger partial charge in [0.25, 0.3) is 0 Å². The van der Waals surface area contributed by atoms with Crippen molar-refractivity contribution in [3.8, 4) is 6.07 Å². The molecule has 1 aromatic heterocycles. The van der Waals surface area contributed by atoms with E-state index in [-0.39, 0.29) is 6.04 Å². The molecule has 2 atom stereocenters. The number of hydrogen-bond donors (Lipinski definition) is 1. The minimum atomic E-state index is -0.830. The molecule has 3 rings (SSSR count). The molecule has 0 radical (unpaired) electrons. The van der Waals surface area contributed by atoms with Crippen molar-refractivity contribution in [2.75, 3.05) is 24.5 Å².